The quantitative estimate of drug-likeness (QED) is 0.117. The van der Waals surface area contributed by atoms with Crippen LogP contribution in [-0.2, 0) is 44.3 Å². The Morgan fingerprint density at radius 1 is 0.733 bits per heavy atom. The summed E-state index contributed by atoms with van der Waals surface area (Å²) in [6, 6.07) is -1.61. The molecule has 256 valence electrons. The highest BCUT2D eigenvalue weighted by Gasteiger charge is 2.45. The van der Waals surface area contributed by atoms with Crippen molar-refractivity contribution in [1.29, 1.82) is 0 Å². The molecule has 0 aromatic rings. The average molecular weight is 665 g/mol. The minimum absolute atomic E-state index is 0.0549. The minimum Gasteiger partial charge on any atom is -0.481 e. The van der Waals surface area contributed by atoms with Gasteiger partial charge in [0.1, 0.15) is 6.10 Å². The highest BCUT2D eigenvalue weighted by Crippen LogP contribution is 2.36. The highest BCUT2D eigenvalue weighted by molar-refractivity contribution is 7.80. The van der Waals surface area contributed by atoms with Crippen LogP contribution in [0, 0.1) is 43.9 Å². The average Bonchev–Trinajstić information content (AvgIpc) is 3.02. The summed E-state index contributed by atoms with van der Waals surface area (Å²) >= 11 is -1.54. The van der Waals surface area contributed by atoms with Gasteiger partial charge in [0.05, 0.1) is 42.5 Å². The van der Waals surface area contributed by atoms with Crippen LogP contribution in [0.3, 0.4) is 0 Å². The summed E-state index contributed by atoms with van der Waals surface area (Å²) in [4.78, 5) is 61.5. The Morgan fingerprint density at radius 2 is 1.33 bits per heavy atom. The molecule has 7 unspecified atom stereocenters. The van der Waals surface area contributed by atoms with E-state index >= 15 is 0 Å². The molecule has 16 nitrogen and oxygen atoms in total. The van der Waals surface area contributed by atoms with Crippen molar-refractivity contribution < 1.29 is 57.6 Å². The molecule has 4 aliphatic rings. The van der Waals surface area contributed by atoms with Crippen molar-refractivity contribution in [2.45, 2.75) is 126 Å². The first-order valence-electron chi connectivity index (χ1n) is 15.9. The maximum absolute atomic E-state index is 13.0. The number of hydrogen-bond donors (Lipinski definition) is 2. The number of hydrogen-bond acceptors (Lipinski definition) is 13. The molecular formula is C28H44N2O14S. The van der Waals surface area contributed by atoms with Crippen LogP contribution in [0.1, 0.15) is 89.9 Å². The van der Waals surface area contributed by atoms with Crippen LogP contribution in [-0.4, -0.2) is 85.2 Å². The fraction of sp³-hybridized carbons (Fsp3) is 0.929. The van der Waals surface area contributed by atoms with Gasteiger partial charge in [-0.25, -0.2) is 18.9 Å². The Morgan fingerprint density at radius 3 is 1.96 bits per heavy atom. The molecule has 0 heterocycles. The summed E-state index contributed by atoms with van der Waals surface area (Å²) in [5.41, 5.74) is 0. The number of nitro groups is 2. The SMILES string of the molecule is O=C(O)C1CCC([N+](=O)[O-])CC1C(=O)OC1CCC(S(=O)OC2CCC(OOCC3CC([N+](=O)[O-])CCC3COO)CC2)CC1. The number of esters is 1. The molecule has 0 aliphatic heterocycles. The second kappa shape index (κ2) is 17.0. The maximum Gasteiger partial charge on any atom is 0.310 e. The Balaban J connectivity index is 1.13. The van der Waals surface area contributed by atoms with Gasteiger partial charge in [0.15, 0.2) is 11.1 Å². The number of aliphatic carboxylic acids is 1. The molecule has 7 atom stereocenters. The number of carbonyl (C=O) groups is 2. The fourth-order valence-corrected chi connectivity index (χ4v) is 8.44. The van der Waals surface area contributed by atoms with Crippen molar-refractivity contribution in [3.8, 4) is 0 Å². The van der Waals surface area contributed by atoms with Crippen molar-refractivity contribution >= 4 is 23.0 Å². The first kappa shape index (κ1) is 35.5. The van der Waals surface area contributed by atoms with Crippen LogP contribution in [0.25, 0.3) is 0 Å². The standard InChI is InChI=1S/C28H44N2O14S/c31-27(32)25-12-3-20(30(36)37)14-26(25)28(33)42-21-8-10-24(11-9-21)45(39)44-23-6-4-22(5-7-23)43-41-16-18-13-19(29(34)35)2-1-17(18)15-40-38/h17-26,38H,1-16H2,(H,31,32). The number of ether oxygens (including phenoxy) is 1. The third kappa shape index (κ3) is 10.1. The van der Waals surface area contributed by atoms with Crippen LogP contribution in [0.15, 0.2) is 0 Å². The van der Waals surface area contributed by atoms with Crippen LogP contribution >= 0.6 is 0 Å². The van der Waals surface area contributed by atoms with Gasteiger partial charge in [-0.1, -0.05) is 0 Å². The van der Waals surface area contributed by atoms with Gasteiger partial charge in [-0.3, -0.25) is 39.3 Å². The lowest BCUT2D eigenvalue weighted by atomic mass is 9.77. The van der Waals surface area contributed by atoms with Crippen molar-refractivity contribution in [2.24, 2.45) is 23.7 Å². The molecule has 0 aromatic heterocycles. The van der Waals surface area contributed by atoms with E-state index in [1.807, 2.05) is 0 Å². The number of nitrogens with zero attached hydrogens (tertiary/aromatic N) is 2. The van der Waals surface area contributed by atoms with Gasteiger partial charge in [-0.05, 0) is 76.0 Å². The first-order valence-corrected chi connectivity index (χ1v) is 17.0. The molecule has 4 saturated carbocycles. The molecular weight excluding hydrogens is 620 g/mol. The molecule has 0 spiro atoms. The van der Waals surface area contributed by atoms with Crippen LogP contribution in [0.2, 0.25) is 0 Å². The molecule has 45 heavy (non-hydrogen) atoms. The summed E-state index contributed by atoms with van der Waals surface area (Å²) in [5, 5.41) is 40.6. The van der Waals surface area contributed by atoms with Gasteiger partial charge in [-0.2, -0.15) is 0 Å². The van der Waals surface area contributed by atoms with E-state index in [0.29, 0.717) is 70.6 Å². The largest absolute Gasteiger partial charge is 0.481 e. The summed E-state index contributed by atoms with van der Waals surface area (Å²) < 4.78 is 24.4. The fourth-order valence-electron chi connectivity index (χ4n) is 7.16. The van der Waals surface area contributed by atoms with Crippen LogP contribution < -0.4 is 0 Å². The van der Waals surface area contributed by atoms with E-state index in [9.17, 15) is 39.1 Å². The van der Waals surface area contributed by atoms with Crippen molar-refractivity contribution in [3.63, 3.8) is 0 Å². The predicted molar refractivity (Wildman–Crippen MR) is 154 cm³/mol. The third-order valence-electron chi connectivity index (χ3n) is 9.95. The van der Waals surface area contributed by atoms with Crippen molar-refractivity contribution in [3.05, 3.63) is 20.2 Å². The van der Waals surface area contributed by atoms with E-state index in [1.165, 1.54) is 0 Å². The second-order valence-corrected chi connectivity index (χ2v) is 14.2. The Kier molecular flexibility index (Phi) is 13.4. The third-order valence-corrected chi connectivity index (χ3v) is 11.4. The van der Waals surface area contributed by atoms with E-state index in [4.69, 9.17) is 24.0 Å². The lowest BCUT2D eigenvalue weighted by Crippen LogP contribution is -2.42. The van der Waals surface area contributed by atoms with E-state index in [-0.39, 0.29) is 66.7 Å². The second-order valence-electron chi connectivity index (χ2n) is 12.8. The Labute approximate surface area is 263 Å². The monoisotopic (exact) mass is 664 g/mol. The molecule has 0 bridgehead atoms. The van der Waals surface area contributed by atoms with Crippen LogP contribution in [0.5, 0.6) is 0 Å². The molecule has 4 fully saturated rings. The first-order chi connectivity index (χ1) is 21.5. The van der Waals surface area contributed by atoms with Gasteiger partial charge < -0.3 is 9.84 Å². The normalized spacial score (nSPS) is 36.5. The summed E-state index contributed by atoms with van der Waals surface area (Å²) in [6.07, 6.45) is 4.89. The Bertz CT molecular complexity index is 1050. The minimum atomic E-state index is -1.54. The lowest BCUT2D eigenvalue weighted by Gasteiger charge is -2.33. The van der Waals surface area contributed by atoms with Crippen molar-refractivity contribution in [2.75, 3.05) is 13.2 Å². The van der Waals surface area contributed by atoms with E-state index in [1.54, 1.807) is 0 Å². The number of rotatable bonds is 14. The number of carboxylic acids is 1. The number of carboxylic acid groups (broad SMARTS) is 1. The molecule has 4 rings (SSSR count). The number of carbonyl (C=O) groups excluding carboxylic acids is 1. The van der Waals surface area contributed by atoms with Gasteiger partial charge in [0.25, 0.3) is 0 Å². The zero-order valence-electron chi connectivity index (χ0n) is 25.2. The zero-order chi connectivity index (χ0) is 32.5. The van der Waals surface area contributed by atoms with E-state index in [2.05, 4.69) is 4.89 Å². The smallest absolute Gasteiger partial charge is 0.310 e. The lowest BCUT2D eigenvalue weighted by molar-refractivity contribution is -0.530. The summed E-state index contributed by atoms with van der Waals surface area (Å²) in [7, 11) is 0. The molecule has 0 saturated heterocycles. The predicted octanol–water partition coefficient (Wildman–Crippen LogP) is 3.48. The molecule has 0 amide bonds. The van der Waals surface area contributed by atoms with Crippen LogP contribution in [0.4, 0.5) is 0 Å². The summed E-state index contributed by atoms with van der Waals surface area (Å²) in [6.45, 7) is 0.252. The van der Waals surface area contributed by atoms with Gasteiger partial charge in [-0.15, -0.1) is 0 Å². The topological polar surface area (TPSA) is 224 Å². The molecule has 0 radical (unpaired) electrons. The van der Waals surface area contributed by atoms with Gasteiger partial charge >= 0.3 is 11.9 Å². The van der Waals surface area contributed by atoms with Gasteiger partial charge in [0, 0.05) is 35.5 Å². The van der Waals surface area contributed by atoms with Crippen molar-refractivity contribution in [1.82, 2.24) is 0 Å². The van der Waals surface area contributed by atoms with E-state index in [0.717, 1.165) is 0 Å². The Hall–Kier alpha value is -2.31. The maximum atomic E-state index is 13.0. The van der Waals surface area contributed by atoms with E-state index < -0.39 is 58.0 Å². The molecule has 2 N–H and O–H groups in total. The highest BCUT2D eigenvalue weighted by atomic mass is 32.2. The molecule has 4 aliphatic carbocycles. The summed E-state index contributed by atoms with van der Waals surface area (Å²) in [5.74, 6) is -4.15. The molecule has 17 heteroatoms. The van der Waals surface area contributed by atoms with Gasteiger partial charge in [0.2, 0.25) is 12.1 Å². The molecule has 0 aromatic carbocycles. The zero-order valence-corrected chi connectivity index (χ0v) is 26.0.